The molecule has 0 saturated carbocycles. The van der Waals surface area contributed by atoms with Crippen molar-refractivity contribution in [3.63, 3.8) is 0 Å². The Morgan fingerprint density at radius 2 is 1.80 bits per heavy atom. The maximum Gasteiger partial charge on any atom is 0.420 e. The maximum atomic E-state index is 11.8. The normalized spacial score (nSPS) is 12.0. The molecule has 15 heavy (non-hydrogen) atoms. The van der Waals surface area contributed by atoms with Gasteiger partial charge in [0, 0.05) is 14.1 Å². The summed E-state index contributed by atoms with van der Waals surface area (Å²) < 4.78 is 21.4. The third kappa shape index (κ3) is 5.06. The Labute approximate surface area is 89.8 Å². The van der Waals surface area contributed by atoms with Crippen molar-refractivity contribution in [2.75, 3.05) is 27.3 Å². The zero-order chi connectivity index (χ0) is 11.9. The number of rotatable bonds is 6. The molecule has 0 radical (unpaired) electrons. The van der Waals surface area contributed by atoms with E-state index in [1.165, 1.54) is 6.34 Å². The van der Waals surface area contributed by atoms with Crippen LogP contribution in [0.4, 0.5) is 4.79 Å². The number of amides is 1. The zero-order valence-corrected chi connectivity index (χ0v) is 10.4. The molecule has 0 N–H and O–H groups in total. The van der Waals surface area contributed by atoms with Crippen molar-refractivity contribution in [1.29, 1.82) is 0 Å². The number of carbonyl (C=O) groups is 1. The van der Waals surface area contributed by atoms with Crippen molar-refractivity contribution in [2.24, 2.45) is 4.99 Å². The molecule has 0 aromatic rings. The first-order chi connectivity index (χ1) is 6.96. The number of carbonyl (C=O) groups excluding carboxylic acids is 1. The molecule has 0 atom stereocenters. The van der Waals surface area contributed by atoms with Crippen LogP contribution >= 0.6 is 7.60 Å². The lowest BCUT2D eigenvalue weighted by Gasteiger charge is -2.12. The topological polar surface area (TPSA) is 68.2 Å². The van der Waals surface area contributed by atoms with Gasteiger partial charge in [0.25, 0.3) is 0 Å². The van der Waals surface area contributed by atoms with Gasteiger partial charge in [-0.1, -0.05) is 0 Å². The molecule has 0 aliphatic carbocycles. The predicted molar refractivity (Wildman–Crippen MR) is 58.4 cm³/mol. The average molecular weight is 236 g/mol. The van der Waals surface area contributed by atoms with E-state index in [1.807, 2.05) is 0 Å². The Hall–Kier alpha value is -0.710. The molecule has 0 heterocycles. The minimum Gasteiger partial charge on any atom is -0.369 e. The summed E-state index contributed by atoms with van der Waals surface area (Å²) in [5.74, 6) is 0. The summed E-state index contributed by atoms with van der Waals surface area (Å²) in [6, 6.07) is 0. The standard InChI is InChI=1S/C8H17N2O4P/c1-5-13-15(12,14-6-2)8(11)9-7-10(3)4/h7H,5-6H2,1-4H3/b9-7+. The van der Waals surface area contributed by atoms with E-state index in [2.05, 4.69) is 4.99 Å². The summed E-state index contributed by atoms with van der Waals surface area (Å²) >= 11 is 0. The fourth-order valence-electron chi connectivity index (χ4n) is 0.723. The summed E-state index contributed by atoms with van der Waals surface area (Å²) in [6.45, 7) is 3.55. The maximum absolute atomic E-state index is 11.8. The first-order valence-electron chi connectivity index (χ1n) is 4.60. The molecule has 0 aliphatic rings. The van der Waals surface area contributed by atoms with Gasteiger partial charge in [-0.2, -0.15) is 4.99 Å². The highest BCUT2D eigenvalue weighted by molar-refractivity contribution is 7.71. The quantitative estimate of drug-likeness (QED) is 0.400. The van der Waals surface area contributed by atoms with Crippen LogP contribution < -0.4 is 0 Å². The molecule has 0 spiro atoms. The van der Waals surface area contributed by atoms with Crippen LogP contribution in [-0.2, 0) is 13.6 Å². The van der Waals surface area contributed by atoms with Crippen LogP contribution in [0.25, 0.3) is 0 Å². The largest absolute Gasteiger partial charge is 0.420 e. The number of nitrogens with zero attached hydrogens (tertiary/aromatic N) is 2. The van der Waals surface area contributed by atoms with Crippen molar-refractivity contribution < 1.29 is 18.4 Å². The third-order valence-corrected chi connectivity index (χ3v) is 3.01. The molecule has 0 aliphatic heterocycles. The number of hydrogen-bond acceptors (Lipinski definition) is 4. The van der Waals surface area contributed by atoms with E-state index in [4.69, 9.17) is 9.05 Å². The van der Waals surface area contributed by atoms with Crippen molar-refractivity contribution in [2.45, 2.75) is 13.8 Å². The predicted octanol–water partition coefficient (Wildman–Crippen LogP) is 1.96. The van der Waals surface area contributed by atoms with Crippen LogP contribution in [0.1, 0.15) is 13.8 Å². The van der Waals surface area contributed by atoms with Gasteiger partial charge in [0.1, 0.15) is 0 Å². The highest BCUT2D eigenvalue weighted by Crippen LogP contribution is 2.49. The molecule has 0 rings (SSSR count). The Bertz CT molecular complexity index is 268. The summed E-state index contributed by atoms with van der Waals surface area (Å²) in [5.41, 5.74) is -0.875. The first kappa shape index (κ1) is 14.3. The van der Waals surface area contributed by atoms with E-state index in [-0.39, 0.29) is 13.2 Å². The lowest BCUT2D eigenvalue weighted by atomic mass is 10.9. The summed E-state index contributed by atoms with van der Waals surface area (Å²) in [4.78, 5) is 16.4. The highest BCUT2D eigenvalue weighted by atomic mass is 31.2. The lowest BCUT2D eigenvalue weighted by Crippen LogP contribution is -2.10. The van der Waals surface area contributed by atoms with Crippen LogP contribution in [0, 0.1) is 0 Å². The molecule has 0 aromatic carbocycles. The summed E-state index contributed by atoms with van der Waals surface area (Å²) in [6.07, 6.45) is 1.26. The van der Waals surface area contributed by atoms with E-state index in [0.717, 1.165) is 0 Å². The van der Waals surface area contributed by atoms with Crippen LogP contribution in [0.5, 0.6) is 0 Å². The van der Waals surface area contributed by atoms with Crippen molar-refractivity contribution in [1.82, 2.24) is 4.90 Å². The van der Waals surface area contributed by atoms with Gasteiger partial charge < -0.3 is 13.9 Å². The van der Waals surface area contributed by atoms with Crippen molar-refractivity contribution in [3.05, 3.63) is 0 Å². The van der Waals surface area contributed by atoms with Crippen LogP contribution in [0.15, 0.2) is 4.99 Å². The van der Waals surface area contributed by atoms with Gasteiger partial charge >= 0.3 is 13.2 Å². The SMILES string of the molecule is CCOP(=O)(OCC)C(=O)/N=C/N(C)C. The zero-order valence-electron chi connectivity index (χ0n) is 9.47. The van der Waals surface area contributed by atoms with Gasteiger partial charge in [0.2, 0.25) is 0 Å². The molecule has 0 aromatic heterocycles. The second-order valence-corrected chi connectivity index (χ2v) is 4.72. The Morgan fingerprint density at radius 1 is 1.33 bits per heavy atom. The van der Waals surface area contributed by atoms with E-state index in [0.29, 0.717) is 0 Å². The van der Waals surface area contributed by atoms with Gasteiger partial charge in [0.05, 0.1) is 19.6 Å². The molecular weight excluding hydrogens is 219 g/mol. The molecule has 0 bridgehead atoms. The number of hydrogen-bond donors (Lipinski definition) is 0. The molecule has 0 unspecified atom stereocenters. The molecule has 0 saturated heterocycles. The van der Waals surface area contributed by atoms with Crippen LogP contribution in [0.3, 0.4) is 0 Å². The Morgan fingerprint density at radius 3 is 2.13 bits per heavy atom. The summed E-state index contributed by atoms with van der Waals surface area (Å²) in [5, 5.41) is 0. The minimum absolute atomic E-state index is 0.139. The average Bonchev–Trinajstić information content (AvgIpc) is 2.14. The molecule has 1 amide bonds. The second kappa shape index (κ2) is 6.71. The summed E-state index contributed by atoms with van der Waals surface area (Å²) in [7, 11) is -0.335. The van der Waals surface area contributed by atoms with E-state index in [9.17, 15) is 9.36 Å². The van der Waals surface area contributed by atoms with E-state index >= 15 is 0 Å². The third-order valence-electron chi connectivity index (χ3n) is 1.23. The highest BCUT2D eigenvalue weighted by Gasteiger charge is 2.33. The Kier molecular flexibility index (Phi) is 6.40. The molecule has 6 nitrogen and oxygen atoms in total. The van der Waals surface area contributed by atoms with Crippen LogP contribution in [0.2, 0.25) is 0 Å². The van der Waals surface area contributed by atoms with Gasteiger partial charge in [-0.05, 0) is 13.8 Å². The molecule has 88 valence electrons. The van der Waals surface area contributed by atoms with E-state index < -0.39 is 13.2 Å². The number of aliphatic imine (C=N–C) groups is 1. The minimum atomic E-state index is -3.73. The molecular formula is C8H17N2O4P. The first-order valence-corrected chi connectivity index (χ1v) is 6.14. The van der Waals surface area contributed by atoms with Gasteiger partial charge in [0.15, 0.2) is 0 Å². The fraction of sp³-hybridized carbons (Fsp3) is 0.750. The van der Waals surface area contributed by atoms with Gasteiger partial charge in [-0.3, -0.25) is 4.79 Å². The monoisotopic (exact) mass is 236 g/mol. The smallest absolute Gasteiger partial charge is 0.369 e. The van der Waals surface area contributed by atoms with Crippen LogP contribution in [-0.4, -0.2) is 44.2 Å². The van der Waals surface area contributed by atoms with Crippen molar-refractivity contribution in [3.8, 4) is 0 Å². The lowest BCUT2D eigenvalue weighted by molar-refractivity contribution is 0.211. The fourth-order valence-corrected chi connectivity index (χ4v) is 1.89. The second-order valence-electron chi connectivity index (χ2n) is 2.82. The van der Waals surface area contributed by atoms with Gasteiger partial charge in [-0.15, -0.1) is 0 Å². The Balaban J connectivity index is 4.63. The molecule has 0 fully saturated rings. The van der Waals surface area contributed by atoms with Gasteiger partial charge in [-0.25, -0.2) is 4.57 Å². The molecule has 7 heteroatoms. The van der Waals surface area contributed by atoms with E-state index in [1.54, 1.807) is 32.8 Å². The van der Waals surface area contributed by atoms with Crippen molar-refractivity contribution >= 4 is 19.6 Å².